The molecule has 196 valence electrons. The van der Waals surface area contributed by atoms with Crippen molar-refractivity contribution in [2.75, 3.05) is 16.0 Å². The summed E-state index contributed by atoms with van der Waals surface area (Å²) in [5, 5.41) is 9.03. The van der Waals surface area contributed by atoms with Gasteiger partial charge in [0.15, 0.2) is 0 Å². The van der Waals surface area contributed by atoms with Crippen molar-refractivity contribution in [3.05, 3.63) is 83.9 Å². The number of carbonyl (C=O) groups excluding carboxylic acids is 3. The Kier molecular flexibility index (Phi) is 7.57. The van der Waals surface area contributed by atoms with Crippen molar-refractivity contribution in [2.24, 2.45) is 5.41 Å². The molecule has 4 rings (SSSR count). The topological polar surface area (TPSA) is 105 Å². The number of carbonyl (C=O) groups is 3. The summed E-state index contributed by atoms with van der Waals surface area (Å²) in [6, 6.07) is 16.7. The number of nitrogens with one attached hydrogen (secondary N) is 3. The van der Waals surface area contributed by atoms with E-state index < -0.39 is 5.91 Å². The van der Waals surface area contributed by atoms with Crippen molar-refractivity contribution in [2.45, 2.75) is 40.7 Å². The van der Waals surface area contributed by atoms with Crippen molar-refractivity contribution < 1.29 is 18.8 Å². The third kappa shape index (κ3) is 6.61. The SMILES string of the molecule is CC(=O)Nc1ccc(NC(=O)c2cc3cc(NC(=O)CC(C)(C)C)ccc3n2Cc2ccccc2F)cn1. The highest BCUT2D eigenvalue weighted by Gasteiger charge is 2.19. The van der Waals surface area contributed by atoms with Gasteiger partial charge < -0.3 is 20.5 Å². The predicted molar refractivity (Wildman–Crippen MR) is 147 cm³/mol. The summed E-state index contributed by atoms with van der Waals surface area (Å²) in [6.45, 7) is 7.49. The fraction of sp³-hybridized carbons (Fsp3) is 0.241. The highest BCUT2D eigenvalue weighted by atomic mass is 19.1. The standard InChI is InChI=1S/C29H30FN5O3/c1-18(36)32-26-12-10-22(16-31-26)34-28(38)25-14-20-13-21(33-27(37)15-29(2,3)4)9-11-24(20)35(25)17-19-7-5-6-8-23(19)30/h5-14,16H,15,17H2,1-4H3,(H,33,37)(H,34,38)(H,31,32,36). The van der Waals surface area contributed by atoms with Crippen molar-refractivity contribution in [3.8, 4) is 0 Å². The Balaban J connectivity index is 1.67. The van der Waals surface area contributed by atoms with Crippen LogP contribution in [0.25, 0.3) is 10.9 Å². The summed E-state index contributed by atoms with van der Waals surface area (Å²) in [6.07, 6.45) is 1.80. The summed E-state index contributed by atoms with van der Waals surface area (Å²) in [4.78, 5) is 41.2. The number of anilines is 3. The molecule has 3 N–H and O–H groups in total. The van der Waals surface area contributed by atoms with Crippen LogP contribution in [0.5, 0.6) is 0 Å². The number of rotatable bonds is 7. The minimum Gasteiger partial charge on any atom is -0.332 e. The summed E-state index contributed by atoms with van der Waals surface area (Å²) in [7, 11) is 0. The summed E-state index contributed by atoms with van der Waals surface area (Å²) >= 11 is 0. The lowest BCUT2D eigenvalue weighted by Crippen LogP contribution is -2.19. The monoisotopic (exact) mass is 515 g/mol. The highest BCUT2D eigenvalue weighted by Crippen LogP contribution is 2.27. The van der Waals surface area contributed by atoms with Gasteiger partial charge in [-0.1, -0.05) is 39.0 Å². The van der Waals surface area contributed by atoms with E-state index in [4.69, 9.17) is 0 Å². The average molecular weight is 516 g/mol. The molecule has 8 nitrogen and oxygen atoms in total. The van der Waals surface area contributed by atoms with E-state index in [9.17, 15) is 18.8 Å². The van der Waals surface area contributed by atoms with Gasteiger partial charge in [-0.15, -0.1) is 0 Å². The zero-order chi connectivity index (χ0) is 27.4. The molecule has 2 aromatic heterocycles. The molecule has 0 aliphatic rings. The molecule has 38 heavy (non-hydrogen) atoms. The van der Waals surface area contributed by atoms with Crippen molar-refractivity contribution >= 4 is 45.8 Å². The van der Waals surface area contributed by atoms with Crippen LogP contribution in [-0.4, -0.2) is 27.3 Å². The molecule has 4 aromatic rings. The number of nitrogens with zero attached hydrogens (tertiary/aromatic N) is 2. The molecule has 0 saturated carbocycles. The van der Waals surface area contributed by atoms with Crippen LogP contribution >= 0.6 is 0 Å². The van der Waals surface area contributed by atoms with Crippen LogP contribution in [0.2, 0.25) is 0 Å². The van der Waals surface area contributed by atoms with Crippen LogP contribution in [0.4, 0.5) is 21.6 Å². The van der Waals surface area contributed by atoms with Crippen LogP contribution < -0.4 is 16.0 Å². The molecule has 3 amide bonds. The second-order valence-electron chi connectivity index (χ2n) is 10.3. The molecule has 0 unspecified atom stereocenters. The molecule has 0 fully saturated rings. The quantitative estimate of drug-likeness (QED) is 0.289. The molecule has 0 radical (unpaired) electrons. The third-order valence-electron chi connectivity index (χ3n) is 5.72. The number of halogens is 1. The molecule has 2 heterocycles. The molecule has 0 atom stereocenters. The molecule has 0 aliphatic carbocycles. The van der Waals surface area contributed by atoms with Gasteiger partial charge in [-0.05, 0) is 47.9 Å². The Hall–Kier alpha value is -4.53. The molecular weight excluding hydrogens is 485 g/mol. The molecule has 9 heteroatoms. The van der Waals surface area contributed by atoms with E-state index in [0.717, 1.165) is 5.39 Å². The van der Waals surface area contributed by atoms with Crippen molar-refractivity contribution in [1.82, 2.24) is 9.55 Å². The molecule has 0 saturated heterocycles. The average Bonchev–Trinajstić information content (AvgIpc) is 3.18. The Morgan fingerprint density at radius 1 is 0.921 bits per heavy atom. The molecule has 0 aliphatic heterocycles. The van der Waals surface area contributed by atoms with Gasteiger partial charge in [0.05, 0.1) is 18.4 Å². The Morgan fingerprint density at radius 2 is 1.66 bits per heavy atom. The first kappa shape index (κ1) is 26.5. The fourth-order valence-corrected chi connectivity index (χ4v) is 4.11. The van der Waals surface area contributed by atoms with Gasteiger partial charge in [0, 0.05) is 35.5 Å². The number of fused-ring (bicyclic) bond motifs is 1. The van der Waals surface area contributed by atoms with E-state index in [1.165, 1.54) is 19.2 Å². The molecular formula is C29H30FN5O3. The maximum absolute atomic E-state index is 14.5. The Labute approximate surface area is 220 Å². The number of hydrogen-bond donors (Lipinski definition) is 3. The second kappa shape index (κ2) is 10.8. The summed E-state index contributed by atoms with van der Waals surface area (Å²) in [5.41, 5.74) is 2.35. The Morgan fingerprint density at radius 3 is 2.32 bits per heavy atom. The zero-order valence-electron chi connectivity index (χ0n) is 21.8. The number of benzene rings is 2. The van der Waals surface area contributed by atoms with Gasteiger partial charge in [-0.2, -0.15) is 0 Å². The van der Waals surface area contributed by atoms with Gasteiger partial charge in [0.1, 0.15) is 17.3 Å². The molecule has 0 spiro atoms. The van der Waals surface area contributed by atoms with Crippen molar-refractivity contribution in [1.29, 1.82) is 0 Å². The lowest BCUT2D eigenvalue weighted by Gasteiger charge is -2.17. The first-order chi connectivity index (χ1) is 18.0. The molecule has 0 bridgehead atoms. The number of aromatic nitrogens is 2. The predicted octanol–water partition coefficient (Wildman–Crippen LogP) is 5.81. The lowest BCUT2D eigenvalue weighted by molar-refractivity contribution is -0.118. The van der Waals surface area contributed by atoms with Crippen LogP contribution in [0.3, 0.4) is 0 Å². The summed E-state index contributed by atoms with van der Waals surface area (Å²) < 4.78 is 16.3. The van der Waals surface area contributed by atoms with Gasteiger partial charge in [-0.3, -0.25) is 14.4 Å². The van der Waals surface area contributed by atoms with E-state index in [0.29, 0.717) is 40.4 Å². The fourth-order valence-electron chi connectivity index (χ4n) is 4.11. The smallest absolute Gasteiger partial charge is 0.272 e. The highest BCUT2D eigenvalue weighted by molar-refractivity contribution is 6.07. The lowest BCUT2D eigenvalue weighted by atomic mass is 9.92. The van der Waals surface area contributed by atoms with Gasteiger partial charge >= 0.3 is 0 Å². The number of pyridine rings is 1. The van der Waals surface area contributed by atoms with Crippen LogP contribution in [-0.2, 0) is 16.1 Å². The largest absolute Gasteiger partial charge is 0.332 e. The summed E-state index contributed by atoms with van der Waals surface area (Å²) in [5.74, 6) is -0.767. The number of hydrogen-bond acceptors (Lipinski definition) is 4. The van der Waals surface area contributed by atoms with E-state index in [1.54, 1.807) is 53.1 Å². The van der Waals surface area contributed by atoms with E-state index >= 15 is 0 Å². The van der Waals surface area contributed by atoms with Crippen LogP contribution in [0.15, 0.2) is 66.9 Å². The second-order valence-corrected chi connectivity index (χ2v) is 10.3. The van der Waals surface area contributed by atoms with Crippen molar-refractivity contribution in [3.63, 3.8) is 0 Å². The van der Waals surface area contributed by atoms with E-state index in [1.807, 2.05) is 26.8 Å². The minimum absolute atomic E-state index is 0.101. The third-order valence-corrected chi connectivity index (χ3v) is 5.72. The van der Waals surface area contributed by atoms with Crippen LogP contribution in [0, 0.1) is 11.2 Å². The Bertz CT molecular complexity index is 1500. The van der Waals surface area contributed by atoms with Gasteiger partial charge in [-0.25, -0.2) is 9.37 Å². The first-order valence-electron chi connectivity index (χ1n) is 12.2. The zero-order valence-corrected chi connectivity index (χ0v) is 21.8. The van der Waals surface area contributed by atoms with Gasteiger partial charge in [0.25, 0.3) is 5.91 Å². The van der Waals surface area contributed by atoms with E-state index in [-0.39, 0.29) is 29.6 Å². The van der Waals surface area contributed by atoms with E-state index in [2.05, 4.69) is 20.9 Å². The first-order valence-corrected chi connectivity index (χ1v) is 12.2. The number of amides is 3. The molecule has 2 aromatic carbocycles. The van der Waals surface area contributed by atoms with Gasteiger partial charge in [0.2, 0.25) is 11.8 Å². The van der Waals surface area contributed by atoms with Crippen LogP contribution in [0.1, 0.15) is 50.2 Å². The normalized spacial score (nSPS) is 11.3. The maximum Gasteiger partial charge on any atom is 0.272 e. The maximum atomic E-state index is 14.5. The minimum atomic E-state index is -0.412.